The monoisotopic (exact) mass is 462 g/mol. The van der Waals surface area contributed by atoms with Crippen LogP contribution in [0.15, 0.2) is 17.3 Å². The van der Waals surface area contributed by atoms with Crippen LogP contribution in [0.4, 0.5) is 11.8 Å². The van der Waals surface area contributed by atoms with E-state index in [0.717, 1.165) is 55.1 Å². The van der Waals surface area contributed by atoms with Crippen LogP contribution in [-0.4, -0.2) is 60.1 Å². The van der Waals surface area contributed by atoms with Gasteiger partial charge in [0.05, 0.1) is 17.2 Å². The highest BCUT2D eigenvalue weighted by atomic mass is 35.5. The van der Waals surface area contributed by atoms with Gasteiger partial charge in [0.15, 0.2) is 5.82 Å². The molecule has 2 fully saturated rings. The number of anilines is 2. The summed E-state index contributed by atoms with van der Waals surface area (Å²) < 4.78 is 12.6. The van der Waals surface area contributed by atoms with Crippen LogP contribution in [0.1, 0.15) is 56.5 Å². The van der Waals surface area contributed by atoms with E-state index in [9.17, 15) is 9.66 Å². The van der Waals surface area contributed by atoms with Gasteiger partial charge in [-0.1, -0.05) is 11.6 Å². The number of piperidine rings is 1. The molecule has 31 heavy (non-hydrogen) atoms. The second-order valence-electron chi connectivity index (χ2n) is 8.89. The lowest BCUT2D eigenvalue weighted by Crippen LogP contribution is -2.49. The number of aryl methyl sites for hydroxylation is 1. The Balaban J connectivity index is 1.40. The van der Waals surface area contributed by atoms with Crippen molar-refractivity contribution in [1.82, 2.24) is 19.9 Å². The van der Waals surface area contributed by atoms with Gasteiger partial charge in [-0.05, 0) is 50.2 Å². The van der Waals surface area contributed by atoms with Gasteiger partial charge in [-0.15, -0.1) is 0 Å². The Morgan fingerprint density at radius 3 is 2.74 bits per heavy atom. The second-order valence-corrected chi connectivity index (χ2v) is 10.8. The van der Waals surface area contributed by atoms with Crippen molar-refractivity contribution in [1.29, 1.82) is 0 Å². The van der Waals surface area contributed by atoms with Crippen molar-refractivity contribution in [3.8, 4) is 0 Å². The SMILES string of the molecule is C[C@H]1CC(c2ncc(Cl)cn2)CCN1c1nc2c(c(NC3(CO)CCC3)n1)[S@+]([O-])CC2. The third-order valence-corrected chi connectivity index (χ3v) is 8.47. The predicted molar refractivity (Wildman–Crippen MR) is 120 cm³/mol. The maximum Gasteiger partial charge on any atom is 0.228 e. The molecule has 0 aromatic carbocycles. The van der Waals surface area contributed by atoms with Gasteiger partial charge >= 0.3 is 0 Å². The normalized spacial score (nSPS) is 27.0. The van der Waals surface area contributed by atoms with Crippen LogP contribution in [0.3, 0.4) is 0 Å². The maximum atomic E-state index is 12.6. The summed E-state index contributed by atoms with van der Waals surface area (Å²) in [7, 11) is 0. The van der Waals surface area contributed by atoms with Crippen molar-refractivity contribution in [2.24, 2.45) is 0 Å². The van der Waals surface area contributed by atoms with E-state index in [1.807, 2.05) is 0 Å². The lowest BCUT2D eigenvalue weighted by atomic mass is 9.77. The van der Waals surface area contributed by atoms with Gasteiger partial charge in [0.1, 0.15) is 17.3 Å². The van der Waals surface area contributed by atoms with Crippen LogP contribution in [0.25, 0.3) is 0 Å². The van der Waals surface area contributed by atoms with Crippen LogP contribution in [0.5, 0.6) is 0 Å². The lowest BCUT2D eigenvalue weighted by molar-refractivity contribution is 0.143. The number of aromatic nitrogens is 4. The largest absolute Gasteiger partial charge is 0.611 e. The molecule has 0 amide bonds. The zero-order chi connectivity index (χ0) is 21.6. The van der Waals surface area contributed by atoms with Crippen LogP contribution in [-0.2, 0) is 17.6 Å². The van der Waals surface area contributed by atoms with Crippen molar-refractivity contribution in [3.05, 3.63) is 28.9 Å². The van der Waals surface area contributed by atoms with Gasteiger partial charge in [0.2, 0.25) is 10.8 Å². The van der Waals surface area contributed by atoms with Crippen molar-refractivity contribution in [2.75, 3.05) is 29.1 Å². The summed E-state index contributed by atoms with van der Waals surface area (Å²) in [6.07, 6.45) is 8.68. The maximum absolute atomic E-state index is 12.6. The van der Waals surface area contributed by atoms with E-state index in [4.69, 9.17) is 21.6 Å². The van der Waals surface area contributed by atoms with E-state index in [-0.39, 0.29) is 24.1 Å². The van der Waals surface area contributed by atoms with E-state index >= 15 is 0 Å². The highest BCUT2D eigenvalue weighted by Gasteiger charge is 2.41. The number of aliphatic hydroxyl groups is 1. The molecule has 1 saturated heterocycles. The van der Waals surface area contributed by atoms with Gasteiger partial charge in [0.25, 0.3) is 0 Å². The fraction of sp³-hybridized carbons (Fsp3) is 0.619. The molecule has 5 rings (SSSR count). The van der Waals surface area contributed by atoms with Crippen LogP contribution < -0.4 is 10.2 Å². The van der Waals surface area contributed by atoms with Crippen molar-refractivity contribution in [3.63, 3.8) is 0 Å². The number of nitrogens with one attached hydrogen (secondary N) is 1. The first-order chi connectivity index (χ1) is 15.0. The number of nitrogens with zero attached hydrogens (tertiary/aromatic N) is 5. The Morgan fingerprint density at radius 1 is 1.32 bits per heavy atom. The number of hydrogen-bond donors (Lipinski definition) is 2. The quantitative estimate of drug-likeness (QED) is 0.652. The molecule has 10 heteroatoms. The van der Waals surface area contributed by atoms with E-state index in [2.05, 4.69) is 27.1 Å². The number of rotatable bonds is 5. The molecular formula is C21H27ClN6O2S. The Hall–Kier alpha value is -1.68. The molecule has 1 unspecified atom stereocenters. The molecule has 0 bridgehead atoms. The first-order valence-electron chi connectivity index (χ1n) is 10.9. The summed E-state index contributed by atoms with van der Waals surface area (Å²) in [5.74, 6) is 3.00. The summed E-state index contributed by atoms with van der Waals surface area (Å²) >= 11 is 4.84. The van der Waals surface area contributed by atoms with Crippen LogP contribution >= 0.6 is 11.6 Å². The van der Waals surface area contributed by atoms with Crippen molar-refractivity contribution >= 4 is 34.5 Å². The summed E-state index contributed by atoms with van der Waals surface area (Å²) in [6.45, 7) is 3.02. The third kappa shape index (κ3) is 3.97. The average Bonchev–Trinajstić information content (AvgIpc) is 3.12. The Kier molecular flexibility index (Phi) is 5.70. The molecule has 8 nitrogen and oxygen atoms in total. The molecule has 2 aliphatic heterocycles. The number of hydrogen-bond acceptors (Lipinski definition) is 8. The number of aliphatic hydroxyl groups excluding tert-OH is 1. The van der Waals surface area contributed by atoms with E-state index in [1.165, 1.54) is 0 Å². The zero-order valence-corrected chi connectivity index (χ0v) is 19.1. The topological polar surface area (TPSA) is 110 Å². The minimum atomic E-state index is -1.09. The number of fused-ring (bicyclic) bond motifs is 1. The van der Waals surface area contributed by atoms with Crippen molar-refractivity contribution < 1.29 is 9.66 Å². The first kappa shape index (κ1) is 21.2. The van der Waals surface area contributed by atoms with Gasteiger partial charge in [0, 0.05) is 37.3 Å². The van der Waals surface area contributed by atoms with Gasteiger partial charge in [-0.25, -0.2) is 15.0 Å². The average molecular weight is 463 g/mol. The second kappa shape index (κ2) is 8.35. The minimum Gasteiger partial charge on any atom is -0.611 e. The first-order valence-corrected chi connectivity index (χ1v) is 12.6. The summed E-state index contributed by atoms with van der Waals surface area (Å²) in [5.41, 5.74) is 0.519. The summed E-state index contributed by atoms with van der Waals surface area (Å²) in [4.78, 5) is 21.4. The molecule has 3 atom stereocenters. The third-order valence-electron chi connectivity index (χ3n) is 6.81. The van der Waals surface area contributed by atoms with Gasteiger partial charge < -0.3 is 19.9 Å². The van der Waals surface area contributed by atoms with Gasteiger partial charge in [-0.2, -0.15) is 4.98 Å². The Labute approximate surface area is 190 Å². The Morgan fingerprint density at radius 2 is 2.10 bits per heavy atom. The smallest absolute Gasteiger partial charge is 0.228 e. The summed E-state index contributed by atoms with van der Waals surface area (Å²) in [6, 6.07) is 0.214. The number of halogens is 1. The summed E-state index contributed by atoms with van der Waals surface area (Å²) in [5, 5.41) is 13.9. The zero-order valence-electron chi connectivity index (χ0n) is 17.6. The molecule has 2 aromatic rings. The fourth-order valence-corrected chi connectivity index (χ4v) is 6.21. The molecule has 2 aromatic heterocycles. The van der Waals surface area contributed by atoms with Crippen LogP contribution in [0.2, 0.25) is 5.02 Å². The molecule has 1 aliphatic carbocycles. The standard InChI is InChI=1S/C21H27ClN6O2S/c1-13-9-14(18-23-10-15(22)11-24-18)3-7-28(13)20-25-16-4-8-31(30)17(16)19(26-20)27-21(12-29)5-2-6-21/h10-11,13-14,29H,2-9,12H2,1H3,(H,25,26,27)/t13-,14?,31+/m0/s1. The molecule has 166 valence electrons. The van der Waals surface area contributed by atoms with E-state index in [1.54, 1.807) is 12.4 Å². The van der Waals surface area contributed by atoms with Gasteiger partial charge in [-0.3, -0.25) is 0 Å². The Bertz CT molecular complexity index is 952. The van der Waals surface area contributed by atoms with E-state index in [0.29, 0.717) is 29.0 Å². The van der Waals surface area contributed by atoms with Crippen LogP contribution in [0, 0.1) is 0 Å². The molecule has 0 spiro atoms. The predicted octanol–water partition coefficient (Wildman–Crippen LogP) is 2.68. The molecule has 2 N–H and O–H groups in total. The van der Waals surface area contributed by atoms with E-state index < -0.39 is 11.2 Å². The molecule has 1 saturated carbocycles. The molecule has 3 aliphatic rings. The molecule has 4 heterocycles. The molecule has 0 radical (unpaired) electrons. The molecular weight excluding hydrogens is 436 g/mol. The highest BCUT2D eigenvalue weighted by Crippen LogP contribution is 2.40. The minimum absolute atomic E-state index is 0.0522. The lowest BCUT2D eigenvalue weighted by Gasteiger charge is -2.42. The fourth-order valence-electron chi connectivity index (χ4n) is 4.81. The highest BCUT2D eigenvalue weighted by molar-refractivity contribution is 7.91. The van der Waals surface area contributed by atoms with Crippen molar-refractivity contribution in [2.45, 2.75) is 67.8 Å².